The number of carbonyl (C=O) groups is 3. The zero-order valence-corrected chi connectivity index (χ0v) is 18.3. The molecule has 0 aliphatic carbocycles. The highest BCUT2D eigenvalue weighted by molar-refractivity contribution is 6.01. The molecule has 2 aromatic rings. The number of nitrogens with one attached hydrogen (secondary N) is 2. The van der Waals surface area contributed by atoms with Crippen LogP contribution in [0.4, 0.5) is 0 Å². The van der Waals surface area contributed by atoms with Gasteiger partial charge in [0.15, 0.2) is 11.4 Å². The Morgan fingerprint density at radius 1 is 1.23 bits per heavy atom. The number of hydrogen-bond donors (Lipinski definition) is 4. The number of epoxide rings is 1. The molecule has 2 heterocycles. The van der Waals surface area contributed by atoms with E-state index in [1.165, 1.54) is 0 Å². The van der Waals surface area contributed by atoms with Gasteiger partial charge in [-0.15, -0.1) is 0 Å². The monoisotopic (exact) mass is 433 g/mol. The number of ketones is 1. The van der Waals surface area contributed by atoms with E-state index >= 15 is 0 Å². The van der Waals surface area contributed by atoms with Crippen LogP contribution < -0.4 is 10.6 Å². The van der Waals surface area contributed by atoms with E-state index in [2.05, 4.69) is 10.6 Å². The molecule has 1 fully saturated rings. The summed E-state index contributed by atoms with van der Waals surface area (Å²) >= 11 is 0. The van der Waals surface area contributed by atoms with Gasteiger partial charge in [0, 0.05) is 25.1 Å². The summed E-state index contributed by atoms with van der Waals surface area (Å²) in [7, 11) is 2.79. The molecule has 1 aliphatic rings. The first-order valence-corrected chi connectivity index (χ1v) is 10.1. The fourth-order valence-electron chi connectivity index (χ4n) is 3.42. The maximum absolute atomic E-state index is 12.6. The molecule has 9 heteroatoms. The summed E-state index contributed by atoms with van der Waals surface area (Å²) in [6, 6.07) is 8.61. The number of fused-ring (bicyclic) bond motifs is 1. The highest BCUT2D eigenvalue weighted by atomic mass is 16.6. The second-order valence-electron chi connectivity index (χ2n) is 7.89. The van der Waals surface area contributed by atoms with Crippen LogP contribution in [0.15, 0.2) is 30.3 Å². The Hall–Kier alpha value is -2.75. The van der Waals surface area contributed by atoms with Gasteiger partial charge >= 0.3 is 0 Å². The molecule has 9 nitrogen and oxygen atoms in total. The van der Waals surface area contributed by atoms with E-state index in [1.807, 2.05) is 38.1 Å². The van der Waals surface area contributed by atoms with Gasteiger partial charge in [0.05, 0.1) is 25.8 Å². The SMILES string of the molecule is CC(C)CC(NC(=O)CNC(=O)c1cc2ccccc2n1C)C(=O)C1(CO)CO1.CO. The average molecular weight is 434 g/mol. The van der Waals surface area contributed by atoms with Crippen molar-refractivity contribution in [1.82, 2.24) is 15.2 Å². The molecule has 1 aromatic carbocycles. The lowest BCUT2D eigenvalue weighted by molar-refractivity contribution is -0.131. The third-order valence-electron chi connectivity index (χ3n) is 5.15. The Labute approximate surface area is 181 Å². The van der Waals surface area contributed by atoms with E-state index in [0.717, 1.165) is 18.0 Å². The topological polar surface area (TPSA) is 133 Å². The average Bonchev–Trinajstić information content (AvgIpc) is 3.50. The number of hydrogen-bond acceptors (Lipinski definition) is 6. The molecular weight excluding hydrogens is 402 g/mol. The number of aryl methyl sites for hydroxylation is 1. The summed E-state index contributed by atoms with van der Waals surface area (Å²) in [6.07, 6.45) is 0.423. The molecule has 0 spiro atoms. The first-order chi connectivity index (χ1) is 14.8. The predicted molar refractivity (Wildman–Crippen MR) is 116 cm³/mol. The van der Waals surface area contributed by atoms with Crippen molar-refractivity contribution in [1.29, 1.82) is 0 Å². The van der Waals surface area contributed by atoms with Gasteiger partial charge in [-0.1, -0.05) is 32.0 Å². The number of aromatic nitrogens is 1. The van der Waals surface area contributed by atoms with Crippen LogP contribution in [0.3, 0.4) is 0 Å². The van der Waals surface area contributed by atoms with E-state index in [0.29, 0.717) is 12.1 Å². The Morgan fingerprint density at radius 3 is 2.42 bits per heavy atom. The van der Waals surface area contributed by atoms with Crippen LogP contribution in [-0.2, 0) is 21.4 Å². The van der Waals surface area contributed by atoms with E-state index in [-0.39, 0.29) is 30.8 Å². The molecule has 0 radical (unpaired) electrons. The van der Waals surface area contributed by atoms with Gasteiger partial charge in [-0.2, -0.15) is 0 Å². The maximum atomic E-state index is 12.6. The van der Waals surface area contributed by atoms with Crippen molar-refractivity contribution < 1.29 is 29.3 Å². The van der Waals surface area contributed by atoms with Gasteiger partial charge in [0.2, 0.25) is 5.91 Å². The van der Waals surface area contributed by atoms with Crippen molar-refractivity contribution in [2.24, 2.45) is 13.0 Å². The van der Waals surface area contributed by atoms with Gasteiger partial charge in [-0.25, -0.2) is 0 Å². The summed E-state index contributed by atoms with van der Waals surface area (Å²) in [5.74, 6) is -1.01. The number of Topliss-reactive ketones (excluding diaryl/α,β-unsaturated/α-hetero) is 1. The minimum atomic E-state index is -1.20. The van der Waals surface area contributed by atoms with Crippen molar-refractivity contribution >= 4 is 28.5 Å². The Morgan fingerprint density at radius 2 is 1.87 bits per heavy atom. The molecule has 1 aromatic heterocycles. The van der Waals surface area contributed by atoms with Gasteiger partial charge in [0.1, 0.15) is 5.69 Å². The van der Waals surface area contributed by atoms with Crippen molar-refractivity contribution in [3.63, 3.8) is 0 Å². The lowest BCUT2D eigenvalue weighted by Gasteiger charge is -2.22. The van der Waals surface area contributed by atoms with Crippen LogP contribution in [0, 0.1) is 5.92 Å². The molecule has 1 saturated heterocycles. The third kappa shape index (κ3) is 5.69. The van der Waals surface area contributed by atoms with Gasteiger partial charge in [0.25, 0.3) is 5.91 Å². The van der Waals surface area contributed by atoms with E-state index in [4.69, 9.17) is 9.84 Å². The summed E-state index contributed by atoms with van der Waals surface area (Å²) in [5, 5.41) is 22.6. The molecule has 31 heavy (non-hydrogen) atoms. The van der Waals surface area contributed by atoms with E-state index in [9.17, 15) is 19.5 Å². The second kappa shape index (κ2) is 10.5. The molecule has 1 aliphatic heterocycles. The number of benzene rings is 1. The van der Waals surface area contributed by atoms with Crippen molar-refractivity contribution in [2.75, 3.05) is 26.9 Å². The Balaban J connectivity index is 0.00000166. The fourth-order valence-corrected chi connectivity index (χ4v) is 3.42. The largest absolute Gasteiger partial charge is 0.400 e. The van der Waals surface area contributed by atoms with Gasteiger partial charge < -0.3 is 30.2 Å². The van der Waals surface area contributed by atoms with E-state index < -0.39 is 24.2 Å². The molecule has 2 unspecified atom stereocenters. The predicted octanol–water partition coefficient (Wildman–Crippen LogP) is 0.378. The highest BCUT2D eigenvalue weighted by Crippen LogP contribution is 2.30. The Kier molecular flexibility index (Phi) is 8.32. The van der Waals surface area contributed by atoms with Crippen LogP contribution in [0.1, 0.15) is 30.8 Å². The second-order valence-corrected chi connectivity index (χ2v) is 7.89. The van der Waals surface area contributed by atoms with E-state index in [1.54, 1.807) is 17.7 Å². The number of carbonyl (C=O) groups excluding carboxylic acids is 3. The molecule has 0 saturated carbocycles. The maximum Gasteiger partial charge on any atom is 0.268 e. The van der Waals surface area contributed by atoms with Crippen molar-refractivity contribution in [3.8, 4) is 0 Å². The van der Waals surface area contributed by atoms with Crippen molar-refractivity contribution in [2.45, 2.75) is 31.9 Å². The molecule has 4 N–H and O–H groups in total. The third-order valence-corrected chi connectivity index (χ3v) is 5.15. The lowest BCUT2D eigenvalue weighted by atomic mass is 9.93. The number of aliphatic hydroxyl groups excluding tert-OH is 2. The van der Waals surface area contributed by atoms with Gasteiger partial charge in [-0.3, -0.25) is 14.4 Å². The fraction of sp³-hybridized carbons (Fsp3) is 0.500. The normalized spacial score (nSPS) is 18.2. The van der Waals surface area contributed by atoms with Crippen LogP contribution >= 0.6 is 0 Å². The summed E-state index contributed by atoms with van der Waals surface area (Å²) < 4.78 is 6.89. The summed E-state index contributed by atoms with van der Waals surface area (Å²) in [5.41, 5.74) is 0.169. The number of nitrogens with zero attached hydrogens (tertiary/aromatic N) is 1. The number of aliphatic hydroxyl groups is 2. The summed E-state index contributed by atoms with van der Waals surface area (Å²) in [4.78, 5) is 37.5. The van der Waals surface area contributed by atoms with Crippen molar-refractivity contribution in [3.05, 3.63) is 36.0 Å². The number of para-hydroxylation sites is 1. The molecule has 3 rings (SSSR count). The first-order valence-electron chi connectivity index (χ1n) is 10.1. The molecular formula is C22H31N3O6. The molecule has 2 amide bonds. The van der Waals surface area contributed by atoms with Crippen LogP contribution in [0.2, 0.25) is 0 Å². The van der Waals surface area contributed by atoms with Gasteiger partial charge in [-0.05, 0) is 24.5 Å². The zero-order chi connectivity index (χ0) is 23.2. The lowest BCUT2D eigenvalue weighted by Crippen LogP contribution is -2.51. The quantitative estimate of drug-likeness (QED) is 0.423. The minimum Gasteiger partial charge on any atom is -0.400 e. The number of amides is 2. The molecule has 2 atom stereocenters. The first kappa shape index (κ1) is 24.5. The zero-order valence-electron chi connectivity index (χ0n) is 18.3. The Bertz CT molecular complexity index is 932. The standard InChI is InChI=1S/C21H27N3O5.CH4O/c1-13(2)8-15(19(27)21(11-25)12-29-21)23-18(26)10-22-20(28)17-9-14-6-4-5-7-16(14)24(17)3;1-2/h4-7,9,13,15,25H,8,10-12H2,1-3H3,(H,22,28)(H,23,26);2H,1H3. The molecule has 0 bridgehead atoms. The minimum absolute atomic E-state index is 0.157. The number of rotatable bonds is 9. The van der Waals surface area contributed by atoms with Crippen LogP contribution in [-0.4, -0.2) is 70.9 Å². The number of ether oxygens (including phenoxy) is 1. The summed E-state index contributed by atoms with van der Waals surface area (Å²) in [6.45, 7) is 3.37. The molecule has 170 valence electrons. The smallest absolute Gasteiger partial charge is 0.268 e. The van der Waals surface area contributed by atoms with Crippen LogP contribution in [0.25, 0.3) is 10.9 Å². The van der Waals surface area contributed by atoms with Crippen LogP contribution in [0.5, 0.6) is 0 Å². The highest BCUT2D eigenvalue weighted by Gasteiger charge is 2.54.